The molecule has 5 heteroatoms. The van der Waals surface area contributed by atoms with E-state index >= 15 is 0 Å². The van der Waals surface area contributed by atoms with Crippen LogP contribution in [-0.2, 0) is 14.4 Å². The quantitative estimate of drug-likeness (QED) is 0.601. The number of hydrogen-bond acceptors (Lipinski definition) is 3. The zero-order chi connectivity index (χ0) is 19.5. The molecule has 1 heterocycles. The van der Waals surface area contributed by atoms with Gasteiger partial charge in [0.2, 0.25) is 0 Å². The summed E-state index contributed by atoms with van der Waals surface area (Å²) in [4.78, 5) is 38.8. The van der Waals surface area contributed by atoms with E-state index in [2.05, 4.69) is 0 Å². The Morgan fingerprint density at radius 1 is 1.15 bits per heavy atom. The van der Waals surface area contributed by atoms with Crippen molar-refractivity contribution < 1.29 is 18.9 Å². The molecule has 2 rings (SSSR count). The molecule has 142 valence electrons. The number of likely N-dealkylation sites (tertiary alicyclic amines) is 1. The Balaban J connectivity index is 2.50. The maximum atomic E-state index is 13.4. The topological polar surface area (TPSA) is 77.2 Å². The first-order valence-corrected chi connectivity index (χ1v) is 9.51. The zero-order valence-electron chi connectivity index (χ0n) is 16.3. The van der Waals surface area contributed by atoms with Crippen molar-refractivity contribution in [2.24, 2.45) is 11.1 Å². The molecule has 2 N–H and O–H groups in total. The number of benzene rings is 1. The molecule has 0 radical (unpaired) electrons. The van der Waals surface area contributed by atoms with E-state index in [9.17, 15) is 14.4 Å². The minimum atomic E-state index is -0.733. The molecule has 5 nitrogen and oxygen atoms in total. The fraction of sp³-hybridized carbons (Fsp3) is 0.571. The van der Waals surface area contributed by atoms with Crippen LogP contribution < -0.4 is 5.73 Å². The molecule has 1 aromatic carbocycles. The van der Waals surface area contributed by atoms with Crippen molar-refractivity contribution in [3.05, 3.63) is 35.9 Å². The SMILES string of the molecule is CCC[N+]1(C(=O)C(=O)C(C)(C)CC)CCC(c2ccccc2)[C@H]1C(N)=O. The van der Waals surface area contributed by atoms with Crippen LogP contribution in [0.1, 0.15) is 58.4 Å². The largest absolute Gasteiger partial charge is 0.383 e. The number of Topliss-reactive ketones (excluding diaryl/α,β-unsaturated/α-hetero) is 1. The maximum Gasteiger partial charge on any atom is 0.383 e. The molecule has 0 spiro atoms. The van der Waals surface area contributed by atoms with Crippen molar-refractivity contribution in [1.82, 2.24) is 0 Å². The van der Waals surface area contributed by atoms with E-state index in [1.54, 1.807) is 13.8 Å². The average molecular weight is 359 g/mol. The van der Waals surface area contributed by atoms with Crippen molar-refractivity contribution in [3.63, 3.8) is 0 Å². The van der Waals surface area contributed by atoms with E-state index in [-0.39, 0.29) is 10.4 Å². The minimum Gasteiger partial charge on any atom is -0.364 e. The molecule has 0 aromatic heterocycles. The van der Waals surface area contributed by atoms with Gasteiger partial charge in [0.1, 0.15) is 0 Å². The Morgan fingerprint density at radius 3 is 2.27 bits per heavy atom. The molecule has 26 heavy (non-hydrogen) atoms. The van der Waals surface area contributed by atoms with Gasteiger partial charge in [-0.2, -0.15) is 0 Å². The van der Waals surface area contributed by atoms with Gasteiger partial charge in [-0.3, -0.25) is 9.59 Å². The number of amides is 2. The zero-order valence-corrected chi connectivity index (χ0v) is 16.3. The van der Waals surface area contributed by atoms with Gasteiger partial charge in [0.25, 0.3) is 11.7 Å². The second kappa shape index (κ2) is 7.70. The summed E-state index contributed by atoms with van der Waals surface area (Å²) in [7, 11) is 0. The Hall–Kier alpha value is -2.01. The number of quaternary nitrogens is 1. The molecule has 1 aliphatic rings. The van der Waals surface area contributed by atoms with Gasteiger partial charge in [-0.05, 0) is 18.4 Å². The molecule has 1 aromatic rings. The highest BCUT2D eigenvalue weighted by molar-refractivity contribution is 6.35. The molecular weight excluding hydrogens is 328 g/mol. The fourth-order valence-electron chi connectivity index (χ4n) is 4.13. The van der Waals surface area contributed by atoms with Crippen molar-refractivity contribution in [1.29, 1.82) is 0 Å². The molecule has 0 aliphatic carbocycles. The number of primary amides is 1. The lowest BCUT2D eigenvalue weighted by Gasteiger charge is -2.38. The highest BCUT2D eigenvalue weighted by Gasteiger charge is 2.59. The minimum absolute atomic E-state index is 0.131. The van der Waals surface area contributed by atoms with Crippen LogP contribution in [0.4, 0.5) is 0 Å². The number of carbonyl (C=O) groups is 3. The maximum absolute atomic E-state index is 13.4. The fourth-order valence-corrected chi connectivity index (χ4v) is 4.13. The van der Waals surface area contributed by atoms with Crippen LogP contribution in [0.25, 0.3) is 0 Å². The van der Waals surface area contributed by atoms with Gasteiger partial charge in [0.05, 0.1) is 19.0 Å². The predicted molar refractivity (Wildman–Crippen MR) is 101 cm³/mol. The number of hydrogen-bond donors (Lipinski definition) is 1. The number of rotatable bonds is 7. The second-order valence-electron chi connectivity index (χ2n) is 8.01. The van der Waals surface area contributed by atoms with Crippen LogP contribution in [0.2, 0.25) is 0 Å². The first-order chi connectivity index (χ1) is 12.2. The molecule has 1 aliphatic heterocycles. The standard InChI is InChI=1S/C21H30N2O3/c1-5-13-23(20(26)18(24)21(3,4)6-2)14-12-16(17(23)19(22)25)15-10-8-7-9-11-15/h7-11,16-17H,5-6,12-14H2,1-4H3,(H-,22,25)/p+1/t16?,17-,23?/m0/s1. The van der Waals surface area contributed by atoms with Gasteiger partial charge in [-0.1, -0.05) is 58.0 Å². The number of carbonyl (C=O) groups excluding carboxylic acids is 3. The van der Waals surface area contributed by atoms with Crippen LogP contribution >= 0.6 is 0 Å². The second-order valence-corrected chi connectivity index (χ2v) is 8.01. The normalized spacial score (nSPS) is 25.8. The lowest BCUT2D eigenvalue weighted by atomic mass is 9.83. The van der Waals surface area contributed by atoms with Gasteiger partial charge >= 0.3 is 5.91 Å². The Kier molecular flexibility index (Phi) is 6.02. The first-order valence-electron chi connectivity index (χ1n) is 9.51. The average Bonchev–Trinajstić information content (AvgIpc) is 3.02. The summed E-state index contributed by atoms with van der Waals surface area (Å²) in [5.41, 5.74) is 6.06. The highest BCUT2D eigenvalue weighted by Crippen LogP contribution is 2.40. The van der Waals surface area contributed by atoms with Gasteiger partial charge in [0.15, 0.2) is 6.04 Å². The Labute approximate surface area is 156 Å². The number of ketones is 1. The summed E-state index contributed by atoms with van der Waals surface area (Å²) in [6, 6.07) is 9.01. The lowest BCUT2D eigenvalue weighted by molar-refractivity contribution is -0.855. The third kappa shape index (κ3) is 3.45. The van der Waals surface area contributed by atoms with Crippen LogP contribution in [0.5, 0.6) is 0 Å². The molecule has 0 bridgehead atoms. The number of nitrogens with two attached hydrogens (primary N) is 1. The molecule has 1 fully saturated rings. The molecule has 3 atom stereocenters. The van der Waals surface area contributed by atoms with E-state index in [4.69, 9.17) is 5.73 Å². The molecular formula is C21H31N2O3+. The van der Waals surface area contributed by atoms with Crippen molar-refractivity contribution in [2.75, 3.05) is 13.1 Å². The van der Waals surface area contributed by atoms with Crippen LogP contribution in [0.15, 0.2) is 30.3 Å². The first kappa shape index (κ1) is 20.3. The summed E-state index contributed by atoms with van der Waals surface area (Å²) in [5, 5.41) is 0. The van der Waals surface area contributed by atoms with E-state index < -0.39 is 29.1 Å². The number of nitrogens with zero attached hydrogens (tertiary/aromatic N) is 1. The summed E-state index contributed by atoms with van der Waals surface area (Å²) >= 11 is 0. The van der Waals surface area contributed by atoms with Gasteiger partial charge < -0.3 is 5.73 Å². The third-order valence-corrected chi connectivity index (χ3v) is 5.99. The third-order valence-electron chi connectivity index (χ3n) is 5.99. The van der Waals surface area contributed by atoms with Crippen LogP contribution in [-0.4, -0.2) is 41.2 Å². The van der Waals surface area contributed by atoms with Gasteiger partial charge in [-0.15, -0.1) is 0 Å². The van der Waals surface area contributed by atoms with Crippen molar-refractivity contribution >= 4 is 17.6 Å². The van der Waals surface area contributed by atoms with Crippen molar-refractivity contribution in [3.8, 4) is 0 Å². The molecule has 0 saturated carbocycles. The molecule has 1 saturated heterocycles. The summed E-state index contributed by atoms with van der Waals surface area (Å²) < 4.78 is -0.131. The Bertz CT molecular complexity index is 684. The van der Waals surface area contributed by atoms with Crippen LogP contribution in [0, 0.1) is 5.41 Å². The van der Waals surface area contributed by atoms with Crippen molar-refractivity contribution in [2.45, 2.75) is 58.9 Å². The van der Waals surface area contributed by atoms with E-state index in [0.717, 1.165) is 5.56 Å². The monoisotopic (exact) mass is 359 g/mol. The van der Waals surface area contributed by atoms with E-state index in [1.807, 2.05) is 44.2 Å². The van der Waals surface area contributed by atoms with Crippen LogP contribution in [0.3, 0.4) is 0 Å². The predicted octanol–water partition coefficient (Wildman–Crippen LogP) is 2.79. The summed E-state index contributed by atoms with van der Waals surface area (Å²) in [5.74, 6) is -1.49. The molecule has 2 unspecified atom stereocenters. The smallest absolute Gasteiger partial charge is 0.364 e. The molecule has 2 amide bonds. The lowest BCUT2D eigenvalue weighted by Crippen LogP contribution is -2.64. The Morgan fingerprint density at radius 2 is 1.77 bits per heavy atom. The summed E-state index contributed by atoms with van der Waals surface area (Å²) in [6.45, 7) is 8.39. The van der Waals surface area contributed by atoms with E-state index in [1.165, 1.54) is 0 Å². The van der Waals surface area contributed by atoms with Gasteiger partial charge in [0, 0.05) is 11.8 Å². The van der Waals surface area contributed by atoms with E-state index in [0.29, 0.717) is 32.4 Å². The van der Waals surface area contributed by atoms with Gasteiger partial charge in [-0.25, -0.2) is 9.28 Å². The summed E-state index contributed by atoms with van der Waals surface area (Å²) in [6.07, 6.45) is 1.95. The highest BCUT2D eigenvalue weighted by atomic mass is 16.2.